The molecule has 25 heavy (non-hydrogen) atoms. The van der Waals surface area contributed by atoms with Crippen molar-refractivity contribution in [3.63, 3.8) is 0 Å². The lowest BCUT2D eigenvalue weighted by Crippen LogP contribution is -2.31. The summed E-state index contributed by atoms with van der Waals surface area (Å²) in [5.74, 6) is 0.0423. The normalized spacial score (nSPS) is 21.6. The fraction of sp³-hybridized carbons (Fsp3) is 0.158. The second-order valence-corrected chi connectivity index (χ2v) is 7.89. The van der Waals surface area contributed by atoms with Gasteiger partial charge in [-0.1, -0.05) is 12.1 Å². The molecule has 2 aliphatic rings. The van der Waals surface area contributed by atoms with Crippen LogP contribution in [-0.4, -0.2) is 27.8 Å². The molecule has 0 spiro atoms. The molecule has 1 radical (unpaired) electrons. The van der Waals surface area contributed by atoms with Crippen LogP contribution in [0.25, 0.3) is 6.08 Å². The number of hydrogen-bond donors (Lipinski definition) is 2. The maximum Gasteiger partial charge on any atom is 0.207 e. The van der Waals surface area contributed by atoms with E-state index in [1.165, 1.54) is 0 Å². The number of aliphatic hydroxyl groups is 2. The number of fused-ring (bicyclic) bond motifs is 1. The summed E-state index contributed by atoms with van der Waals surface area (Å²) in [6, 6.07) is 7.37. The number of nitrogens with zero attached hydrogens (tertiary/aromatic N) is 1. The van der Waals surface area contributed by atoms with Crippen molar-refractivity contribution in [2.24, 2.45) is 0 Å². The number of aliphatic hydroxyl groups excluding tert-OH is 2. The first-order valence-electron chi connectivity index (χ1n) is 7.87. The van der Waals surface area contributed by atoms with Gasteiger partial charge < -0.3 is 15.1 Å². The van der Waals surface area contributed by atoms with Gasteiger partial charge in [0.25, 0.3) is 0 Å². The van der Waals surface area contributed by atoms with Crippen LogP contribution < -0.4 is 0 Å². The van der Waals surface area contributed by atoms with Gasteiger partial charge in [-0.25, -0.2) is 0 Å². The first-order chi connectivity index (χ1) is 12.2. The fourth-order valence-corrected chi connectivity index (χ4v) is 4.50. The number of hydrogen-bond acceptors (Lipinski definition) is 5. The van der Waals surface area contributed by atoms with Crippen LogP contribution in [-0.2, 0) is 11.5 Å². The van der Waals surface area contributed by atoms with Crippen LogP contribution in [0.3, 0.4) is 0 Å². The van der Waals surface area contributed by atoms with E-state index in [-0.39, 0.29) is 18.1 Å². The average molecular weight is 370 g/mol. The predicted octanol–water partition coefficient (Wildman–Crippen LogP) is 4.09. The summed E-state index contributed by atoms with van der Waals surface area (Å²) in [6.45, 7) is -0.190. The molecule has 2 aromatic rings. The second kappa shape index (κ2) is 6.55. The summed E-state index contributed by atoms with van der Waals surface area (Å²) in [6.07, 6.45) is 5.72. The SMILES string of the molecule is [O]C1=C2C=C(Cc3cccs3)C(O)=CN2C(CO)/C1=C/c1cccs1. The highest BCUT2D eigenvalue weighted by Gasteiger charge is 2.38. The molecule has 1 unspecified atom stereocenters. The van der Waals surface area contributed by atoms with E-state index in [4.69, 9.17) is 0 Å². The Morgan fingerprint density at radius 2 is 2.00 bits per heavy atom. The molecule has 4 rings (SSSR count). The van der Waals surface area contributed by atoms with E-state index in [0.29, 0.717) is 17.7 Å². The summed E-state index contributed by atoms with van der Waals surface area (Å²) in [7, 11) is 0. The zero-order valence-electron chi connectivity index (χ0n) is 13.3. The molecular formula is C19H16NO3S2. The van der Waals surface area contributed by atoms with Gasteiger partial charge in [-0.3, -0.25) is 5.11 Å². The first-order valence-corrected chi connectivity index (χ1v) is 9.63. The lowest BCUT2D eigenvalue weighted by atomic mass is 10.1. The molecule has 127 valence electrons. The fourth-order valence-electron chi connectivity index (χ4n) is 3.10. The molecule has 0 aromatic carbocycles. The van der Waals surface area contributed by atoms with E-state index >= 15 is 0 Å². The van der Waals surface area contributed by atoms with Gasteiger partial charge in [-0.2, -0.15) is 0 Å². The minimum Gasteiger partial charge on any atom is -0.506 e. The summed E-state index contributed by atoms with van der Waals surface area (Å²) in [4.78, 5) is 3.77. The molecule has 6 heteroatoms. The zero-order chi connectivity index (χ0) is 17.4. The van der Waals surface area contributed by atoms with E-state index in [9.17, 15) is 15.3 Å². The average Bonchev–Trinajstić information content (AvgIpc) is 3.33. The summed E-state index contributed by atoms with van der Waals surface area (Å²) in [5.41, 5.74) is 1.78. The predicted molar refractivity (Wildman–Crippen MR) is 99.5 cm³/mol. The van der Waals surface area contributed by atoms with E-state index < -0.39 is 6.04 Å². The third kappa shape index (κ3) is 2.93. The van der Waals surface area contributed by atoms with Crippen molar-refractivity contribution in [3.8, 4) is 0 Å². The van der Waals surface area contributed by atoms with Gasteiger partial charge >= 0.3 is 0 Å². The standard InChI is InChI=1S/C19H16NO3S2/c21-11-17-15(9-14-4-2-6-25-14)19(23)16-8-12(18(22)10-20(16)17)7-13-3-1-5-24-13/h1-6,8-10,17,21-22H,7,11H2/b15-9-. The third-order valence-electron chi connectivity index (χ3n) is 4.33. The summed E-state index contributed by atoms with van der Waals surface area (Å²) >= 11 is 3.16. The molecule has 0 aliphatic carbocycles. The molecule has 2 aromatic heterocycles. The van der Waals surface area contributed by atoms with E-state index in [2.05, 4.69) is 0 Å². The number of thiophene rings is 2. The Balaban J connectivity index is 1.74. The van der Waals surface area contributed by atoms with E-state index in [1.807, 2.05) is 41.1 Å². The Hall–Kier alpha value is -2.28. The Morgan fingerprint density at radius 3 is 2.68 bits per heavy atom. The molecule has 0 saturated heterocycles. The van der Waals surface area contributed by atoms with Gasteiger partial charge in [0, 0.05) is 33.5 Å². The summed E-state index contributed by atoms with van der Waals surface area (Å²) < 4.78 is 0. The highest BCUT2D eigenvalue weighted by Crippen LogP contribution is 2.39. The quantitative estimate of drug-likeness (QED) is 0.852. The largest absolute Gasteiger partial charge is 0.506 e. The molecule has 0 fully saturated rings. The molecule has 4 heterocycles. The Kier molecular flexibility index (Phi) is 4.25. The van der Waals surface area contributed by atoms with Gasteiger partial charge in [0.1, 0.15) is 5.76 Å². The van der Waals surface area contributed by atoms with Gasteiger partial charge in [0.05, 0.1) is 18.3 Å². The highest BCUT2D eigenvalue weighted by atomic mass is 32.1. The third-order valence-corrected chi connectivity index (χ3v) is 6.02. The Morgan fingerprint density at radius 1 is 1.20 bits per heavy atom. The monoisotopic (exact) mass is 370 g/mol. The molecule has 2 aliphatic heterocycles. The Bertz CT molecular complexity index is 889. The smallest absolute Gasteiger partial charge is 0.207 e. The lowest BCUT2D eigenvalue weighted by Gasteiger charge is -2.27. The minimum atomic E-state index is -0.466. The molecule has 0 saturated carbocycles. The van der Waals surface area contributed by atoms with Crippen LogP contribution in [0.15, 0.2) is 75.7 Å². The topological polar surface area (TPSA) is 63.6 Å². The van der Waals surface area contributed by atoms with Gasteiger partial charge in [-0.15, -0.1) is 22.7 Å². The van der Waals surface area contributed by atoms with Gasteiger partial charge in [-0.05, 0) is 35.0 Å². The van der Waals surface area contributed by atoms with Crippen LogP contribution in [0.2, 0.25) is 0 Å². The number of allylic oxidation sites excluding steroid dienone is 2. The van der Waals surface area contributed by atoms with Gasteiger partial charge in [0.15, 0.2) is 0 Å². The molecule has 2 N–H and O–H groups in total. The van der Waals surface area contributed by atoms with Crippen molar-refractivity contribution in [3.05, 3.63) is 85.4 Å². The van der Waals surface area contributed by atoms with Crippen molar-refractivity contribution >= 4 is 28.7 Å². The maximum atomic E-state index is 12.9. The first kappa shape index (κ1) is 16.2. The molecule has 0 bridgehead atoms. The Labute approximate surface area is 153 Å². The van der Waals surface area contributed by atoms with E-state index in [0.717, 1.165) is 15.3 Å². The van der Waals surface area contributed by atoms with Crippen LogP contribution in [0.5, 0.6) is 0 Å². The molecule has 1 atom stereocenters. The lowest BCUT2D eigenvalue weighted by molar-refractivity contribution is 0.216. The van der Waals surface area contributed by atoms with Crippen molar-refractivity contribution in [1.82, 2.24) is 4.90 Å². The molecular weight excluding hydrogens is 354 g/mol. The van der Waals surface area contributed by atoms with E-state index in [1.54, 1.807) is 39.8 Å². The van der Waals surface area contributed by atoms with Crippen molar-refractivity contribution < 1.29 is 15.3 Å². The van der Waals surface area contributed by atoms with Crippen molar-refractivity contribution in [1.29, 1.82) is 0 Å². The zero-order valence-corrected chi connectivity index (χ0v) is 14.9. The maximum absolute atomic E-state index is 12.9. The summed E-state index contributed by atoms with van der Waals surface area (Å²) in [5, 5.41) is 37.0. The van der Waals surface area contributed by atoms with Crippen LogP contribution in [0.1, 0.15) is 9.75 Å². The van der Waals surface area contributed by atoms with Crippen molar-refractivity contribution in [2.75, 3.05) is 6.61 Å². The minimum absolute atomic E-state index is 0.0973. The van der Waals surface area contributed by atoms with Crippen LogP contribution in [0, 0.1) is 0 Å². The molecule has 4 nitrogen and oxygen atoms in total. The van der Waals surface area contributed by atoms with Gasteiger partial charge in [0.2, 0.25) is 5.76 Å². The second-order valence-electron chi connectivity index (χ2n) is 5.88. The van der Waals surface area contributed by atoms with Crippen molar-refractivity contribution in [2.45, 2.75) is 12.5 Å². The molecule has 0 amide bonds. The number of rotatable bonds is 4. The van der Waals surface area contributed by atoms with Crippen LogP contribution >= 0.6 is 22.7 Å². The highest BCUT2D eigenvalue weighted by molar-refractivity contribution is 7.10. The van der Waals surface area contributed by atoms with Crippen LogP contribution in [0.4, 0.5) is 0 Å².